The highest BCUT2D eigenvalue weighted by molar-refractivity contribution is 7.98. The fourth-order valence-corrected chi connectivity index (χ4v) is 2.38. The summed E-state index contributed by atoms with van der Waals surface area (Å²) in [6.07, 6.45) is 5.05. The van der Waals surface area contributed by atoms with Gasteiger partial charge in [-0.3, -0.25) is 14.9 Å². The Morgan fingerprint density at radius 1 is 1.23 bits per heavy atom. The third-order valence-corrected chi connectivity index (χ3v) is 4.03. The first-order valence-electron chi connectivity index (χ1n) is 6.31. The number of carbonyl (C=O) groups excluding carboxylic acids is 1. The van der Waals surface area contributed by atoms with E-state index in [0.29, 0.717) is 0 Å². The number of nitro groups is 1. The van der Waals surface area contributed by atoms with E-state index in [1.807, 2.05) is 30.5 Å². The van der Waals surface area contributed by atoms with Gasteiger partial charge >= 0.3 is 0 Å². The average Bonchev–Trinajstić information content (AvgIpc) is 2.53. The summed E-state index contributed by atoms with van der Waals surface area (Å²) < 4.78 is 0. The lowest BCUT2D eigenvalue weighted by Crippen LogP contribution is -1.97. The van der Waals surface area contributed by atoms with Gasteiger partial charge in [0.2, 0.25) is 0 Å². The number of nitro benzene ring substituents is 1. The van der Waals surface area contributed by atoms with Crippen LogP contribution in [0.3, 0.4) is 0 Å². The summed E-state index contributed by atoms with van der Waals surface area (Å²) in [4.78, 5) is 23.4. The molecular formula is C16H12ClNO3S. The molecule has 2 aromatic rings. The van der Waals surface area contributed by atoms with E-state index in [1.165, 1.54) is 24.3 Å². The molecule has 4 nitrogen and oxygen atoms in total. The monoisotopic (exact) mass is 333 g/mol. The number of thioether (sulfide) groups is 1. The second-order valence-electron chi connectivity index (χ2n) is 4.39. The van der Waals surface area contributed by atoms with Gasteiger partial charge in [0.05, 0.1) is 4.92 Å². The molecule has 0 aliphatic heterocycles. The van der Waals surface area contributed by atoms with Gasteiger partial charge in [-0.2, -0.15) is 0 Å². The van der Waals surface area contributed by atoms with Crippen molar-refractivity contribution in [3.05, 3.63) is 74.8 Å². The molecule has 2 aromatic carbocycles. The molecule has 22 heavy (non-hydrogen) atoms. The van der Waals surface area contributed by atoms with Crippen LogP contribution in [0.2, 0.25) is 5.02 Å². The Bertz CT molecular complexity index is 742. The Balaban J connectivity index is 2.19. The summed E-state index contributed by atoms with van der Waals surface area (Å²) in [5.41, 5.74) is 0.841. The Morgan fingerprint density at radius 2 is 1.91 bits per heavy atom. The molecule has 6 heteroatoms. The molecule has 0 fully saturated rings. The molecule has 0 radical (unpaired) electrons. The van der Waals surface area contributed by atoms with E-state index in [9.17, 15) is 14.9 Å². The molecule has 2 rings (SSSR count). The predicted molar refractivity (Wildman–Crippen MR) is 89.7 cm³/mol. The van der Waals surface area contributed by atoms with Crippen molar-refractivity contribution in [2.75, 3.05) is 6.26 Å². The van der Waals surface area contributed by atoms with Crippen molar-refractivity contribution in [3.8, 4) is 0 Å². The van der Waals surface area contributed by atoms with E-state index in [1.54, 1.807) is 17.8 Å². The number of nitrogens with zero attached hydrogens (tertiary/aromatic N) is 1. The van der Waals surface area contributed by atoms with Crippen LogP contribution in [0.15, 0.2) is 53.4 Å². The smallest absolute Gasteiger partial charge is 0.288 e. The first-order chi connectivity index (χ1) is 10.5. The van der Waals surface area contributed by atoms with Crippen LogP contribution >= 0.6 is 23.4 Å². The summed E-state index contributed by atoms with van der Waals surface area (Å²) in [7, 11) is 0. The predicted octanol–water partition coefficient (Wildman–Crippen LogP) is 4.87. The standard InChI is InChI=1S/C16H12ClNO3S/c1-22-13-6-2-11(3-7-13)4-9-16(19)12-5-8-14(17)15(10-12)18(20)21/h2-10H,1H3/b9-4+. The maximum absolute atomic E-state index is 12.1. The van der Waals surface area contributed by atoms with E-state index < -0.39 is 4.92 Å². The van der Waals surface area contributed by atoms with Crippen molar-refractivity contribution < 1.29 is 9.72 Å². The number of rotatable bonds is 5. The van der Waals surface area contributed by atoms with Gasteiger partial charge in [-0.05, 0) is 42.2 Å². The Kier molecular flexibility index (Phi) is 5.35. The van der Waals surface area contributed by atoms with E-state index in [0.717, 1.165) is 10.5 Å². The highest BCUT2D eigenvalue weighted by atomic mass is 35.5. The number of benzene rings is 2. The lowest BCUT2D eigenvalue weighted by atomic mass is 10.1. The topological polar surface area (TPSA) is 60.2 Å². The zero-order chi connectivity index (χ0) is 16.1. The van der Waals surface area contributed by atoms with E-state index in [2.05, 4.69) is 0 Å². The number of ketones is 1. The zero-order valence-corrected chi connectivity index (χ0v) is 13.2. The molecule has 0 aliphatic carbocycles. The van der Waals surface area contributed by atoms with Gasteiger partial charge in [0, 0.05) is 16.5 Å². The molecule has 0 aliphatic rings. The van der Waals surface area contributed by atoms with Crippen molar-refractivity contribution in [2.24, 2.45) is 0 Å². The second kappa shape index (κ2) is 7.24. The SMILES string of the molecule is CSc1ccc(/C=C/C(=O)c2ccc(Cl)c([N+](=O)[O-])c2)cc1. The number of hydrogen-bond acceptors (Lipinski definition) is 4. The molecule has 0 saturated heterocycles. The minimum atomic E-state index is -0.607. The van der Waals surface area contributed by atoms with Crippen molar-refractivity contribution in [3.63, 3.8) is 0 Å². The summed E-state index contributed by atoms with van der Waals surface area (Å²) in [6.45, 7) is 0. The first kappa shape index (κ1) is 16.3. The Labute approximate surface area is 136 Å². The van der Waals surface area contributed by atoms with Crippen molar-refractivity contribution in [1.29, 1.82) is 0 Å². The van der Waals surface area contributed by atoms with Gasteiger partial charge < -0.3 is 0 Å². The van der Waals surface area contributed by atoms with E-state index >= 15 is 0 Å². The molecule has 0 saturated carbocycles. The van der Waals surface area contributed by atoms with Gasteiger partial charge in [0.15, 0.2) is 5.78 Å². The largest absolute Gasteiger partial charge is 0.289 e. The molecule has 0 spiro atoms. The number of halogens is 1. The van der Waals surface area contributed by atoms with Gasteiger partial charge in [0.25, 0.3) is 5.69 Å². The Hall–Kier alpha value is -2.11. The number of carbonyl (C=O) groups is 1. The van der Waals surface area contributed by atoms with Gasteiger partial charge in [-0.25, -0.2) is 0 Å². The number of allylic oxidation sites excluding steroid dienone is 1. The lowest BCUT2D eigenvalue weighted by molar-refractivity contribution is -0.384. The fourth-order valence-electron chi connectivity index (χ4n) is 1.79. The van der Waals surface area contributed by atoms with Crippen LogP contribution in [0.4, 0.5) is 5.69 Å². The first-order valence-corrected chi connectivity index (χ1v) is 7.92. The van der Waals surface area contributed by atoms with E-state index in [4.69, 9.17) is 11.6 Å². The van der Waals surface area contributed by atoms with Crippen molar-refractivity contribution >= 4 is 40.9 Å². The second-order valence-corrected chi connectivity index (χ2v) is 5.68. The molecule has 0 bridgehead atoms. The molecule has 0 heterocycles. The van der Waals surface area contributed by atoms with E-state index in [-0.39, 0.29) is 22.1 Å². The van der Waals surface area contributed by atoms with Crippen LogP contribution in [0.5, 0.6) is 0 Å². The summed E-state index contributed by atoms with van der Waals surface area (Å²) in [5.74, 6) is -0.311. The molecule has 0 unspecified atom stereocenters. The van der Waals surface area contributed by atoms with Crippen LogP contribution in [0.25, 0.3) is 6.08 Å². The van der Waals surface area contributed by atoms with Crippen LogP contribution < -0.4 is 0 Å². The third kappa shape index (κ3) is 3.96. The Morgan fingerprint density at radius 3 is 2.50 bits per heavy atom. The highest BCUT2D eigenvalue weighted by Crippen LogP contribution is 2.25. The third-order valence-electron chi connectivity index (χ3n) is 2.97. The molecule has 112 valence electrons. The van der Waals surface area contributed by atoms with Gasteiger partial charge in [-0.1, -0.05) is 29.8 Å². The minimum Gasteiger partial charge on any atom is -0.289 e. The van der Waals surface area contributed by atoms with Crippen molar-refractivity contribution in [2.45, 2.75) is 4.90 Å². The molecule has 0 amide bonds. The molecular weight excluding hydrogens is 322 g/mol. The molecule has 0 aromatic heterocycles. The fraction of sp³-hybridized carbons (Fsp3) is 0.0625. The quantitative estimate of drug-likeness (QED) is 0.257. The van der Waals surface area contributed by atoms with Crippen molar-refractivity contribution in [1.82, 2.24) is 0 Å². The lowest BCUT2D eigenvalue weighted by Gasteiger charge is -1.99. The summed E-state index contributed by atoms with van der Waals surface area (Å²) in [5, 5.41) is 10.8. The highest BCUT2D eigenvalue weighted by Gasteiger charge is 2.14. The van der Waals surface area contributed by atoms with Crippen LogP contribution in [0, 0.1) is 10.1 Å². The van der Waals surface area contributed by atoms with Crippen LogP contribution in [0.1, 0.15) is 15.9 Å². The maximum Gasteiger partial charge on any atom is 0.288 e. The summed E-state index contributed by atoms with van der Waals surface area (Å²) in [6, 6.07) is 11.7. The van der Waals surface area contributed by atoms with Crippen LogP contribution in [-0.4, -0.2) is 17.0 Å². The molecule has 0 atom stereocenters. The number of hydrogen-bond donors (Lipinski definition) is 0. The minimum absolute atomic E-state index is 0.0122. The maximum atomic E-state index is 12.1. The van der Waals surface area contributed by atoms with Gasteiger partial charge in [0.1, 0.15) is 5.02 Å². The zero-order valence-electron chi connectivity index (χ0n) is 11.7. The summed E-state index contributed by atoms with van der Waals surface area (Å²) >= 11 is 7.36. The van der Waals surface area contributed by atoms with Gasteiger partial charge in [-0.15, -0.1) is 11.8 Å². The normalized spacial score (nSPS) is 10.8. The average molecular weight is 334 g/mol. The molecule has 0 N–H and O–H groups in total. The van der Waals surface area contributed by atoms with Crippen LogP contribution in [-0.2, 0) is 0 Å².